The summed E-state index contributed by atoms with van der Waals surface area (Å²) in [5.41, 5.74) is -0.0556. The fraction of sp³-hybridized carbons (Fsp3) is 0.0556. The number of amides is 1. The van der Waals surface area contributed by atoms with Gasteiger partial charge in [0.25, 0.3) is 5.56 Å². The molecule has 0 saturated carbocycles. The van der Waals surface area contributed by atoms with Crippen LogP contribution < -0.4 is 10.9 Å². The molecule has 134 valence electrons. The summed E-state index contributed by atoms with van der Waals surface area (Å²) >= 11 is 1.31. The van der Waals surface area contributed by atoms with Crippen molar-refractivity contribution in [2.75, 3.05) is 5.32 Å². The van der Waals surface area contributed by atoms with Crippen LogP contribution in [0.1, 0.15) is 10.5 Å². The molecule has 2 N–H and O–H groups in total. The summed E-state index contributed by atoms with van der Waals surface area (Å²) in [6.07, 6.45) is 0. The lowest BCUT2D eigenvalue weighted by molar-refractivity contribution is -0.117. The van der Waals surface area contributed by atoms with Crippen molar-refractivity contribution in [3.8, 4) is 0 Å². The molecule has 0 aliphatic heterocycles. The van der Waals surface area contributed by atoms with E-state index in [1.807, 2.05) is 24.3 Å². The molecule has 27 heavy (non-hydrogen) atoms. The lowest BCUT2D eigenvalue weighted by Gasteiger charge is -2.08. The summed E-state index contributed by atoms with van der Waals surface area (Å²) in [5, 5.41) is 16.7. The number of fused-ring (bicyclic) bond motifs is 2. The number of carbonyl (C=O) groups is 2. The molecule has 4 aromatic rings. The van der Waals surface area contributed by atoms with Crippen LogP contribution in [0.4, 0.5) is 5.13 Å². The van der Waals surface area contributed by atoms with E-state index in [0.29, 0.717) is 5.13 Å². The number of aromatic nitrogens is 3. The molecule has 2 aromatic heterocycles. The number of nitrogens with zero attached hydrogens (tertiary/aromatic N) is 3. The molecule has 1 amide bonds. The third kappa shape index (κ3) is 3.15. The minimum absolute atomic E-state index is 0.192. The zero-order valence-electron chi connectivity index (χ0n) is 13.7. The second kappa shape index (κ2) is 6.61. The number of rotatable bonds is 4. The number of para-hydroxylation sites is 1. The van der Waals surface area contributed by atoms with Gasteiger partial charge in [-0.3, -0.25) is 9.59 Å². The van der Waals surface area contributed by atoms with Crippen LogP contribution in [0.3, 0.4) is 0 Å². The molecule has 0 spiro atoms. The first-order valence-electron chi connectivity index (χ1n) is 7.91. The predicted octanol–water partition coefficient (Wildman–Crippen LogP) is 2.34. The molecule has 4 rings (SSSR count). The third-order valence-electron chi connectivity index (χ3n) is 3.90. The van der Waals surface area contributed by atoms with Gasteiger partial charge < -0.3 is 10.4 Å². The summed E-state index contributed by atoms with van der Waals surface area (Å²) < 4.78 is 1.77. The Kier molecular flexibility index (Phi) is 4.13. The van der Waals surface area contributed by atoms with Gasteiger partial charge in [-0.05, 0) is 18.2 Å². The zero-order valence-corrected chi connectivity index (χ0v) is 14.6. The first kappa shape index (κ1) is 16.9. The SMILES string of the molecule is O=C(Cn1nc(C(=O)O)c2ccccc2c1=O)Nc1nc2ccccc2s1. The summed E-state index contributed by atoms with van der Waals surface area (Å²) in [6.45, 7) is -0.417. The number of nitrogens with one attached hydrogen (secondary N) is 1. The Morgan fingerprint density at radius 3 is 2.52 bits per heavy atom. The van der Waals surface area contributed by atoms with Gasteiger partial charge in [-0.15, -0.1) is 0 Å². The van der Waals surface area contributed by atoms with Crippen LogP contribution in [0, 0.1) is 0 Å². The largest absolute Gasteiger partial charge is 0.476 e. The first-order valence-corrected chi connectivity index (χ1v) is 8.73. The quantitative estimate of drug-likeness (QED) is 0.562. The van der Waals surface area contributed by atoms with Gasteiger partial charge in [0.2, 0.25) is 5.91 Å². The topological polar surface area (TPSA) is 114 Å². The second-order valence-corrected chi connectivity index (χ2v) is 6.73. The van der Waals surface area contributed by atoms with Crippen LogP contribution in [0.5, 0.6) is 0 Å². The Balaban J connectivity index is 1.66. The molecule has 0 aliphatic rings. The third-order valence-corrected chi connectivity index (χ3v) is 4.86. The number of aromatic carboxylic acids is 1. The number of carboxylic acids is 1. The Labute approximate surface area is 155 Å². The summed E-state index contributed by atoms with van der Waals surface area (Å²) in [5.74, 6) is -1.79. The maximum Gasteiger partial charge on any atom is 0.357 e. The van der Waals surface area contributed by atoms with Crippen molar-refractivity contribution in [2.45, 2.75) is 6.54 Å². The number of hydrogen-bond acceptors (Lipinski definition) is 6. The van der Waals surface area contributed by atoms with Gasteiger partial charge in [0.1, 0.15) is 6.54 Å². The lowest BCUT2D eigenvalue weighted by Crippen LogP contribution is -2.31. The van der Waals surface area contributed by atoms with Crippen LogP contribution in [0.15, 0.2) is 53.3 Å². The highest BCUT2D eigenvalue weighted by atomic mass is 32.1. The van der Waals surface area contributed by atoms with Gasteiger partial charge in [-0.25, -0.2) is 14.5 Å². The highest BCUT2D eigenvalue weighted by molar-refractivity contribution is 7.22. The summed E-state index contributed by atoms with van der Waals surface area (Å²) in [4.78, 5) is 40.6. The Bertz CT molecular complexity index is 1230. The van der Waals surface area contributed by atoms with Gasteiger partial charge in [0.15, 0.2) is 10.8 Å². The Morgan fingerprint density at radius 2 is 1.78 bits per heavy atom. The minimum atomic E-state index is -1.27. The van der Waals surface area contributed by atoms with E-state index in [0.717, 1.165) is 14.9 Å². The molecule has 0 unspecified atom stereocenters. The number of thiazole rings is 1. The number of carbonyl (C=O) groups excluding carboxylic acids is 1. The standard InChI is InChI=1S/C18H12N4O4S/c23-14(20-18-19-12-7-3-4-8-13(12)27-18)9-22-16(24)11-6-2-1-5-10(11)15(21-22)17(25)26/h1-8H,9H2,(H,25,26)(H,19,20,23). The minimum Gasteiger partial charge on any atom is -0.476 e. The molecular weight excluding hydrogens is 368 g/mol. The Morgan fingerprint density at radius 1 is 1.07 bits per heavy atom. The van der Waals surface area contributed by atoms with E-state index in [1.54, 1.807) is 12.1 Å². The van der Waals surface area contributed by atoms with Crippen molar-refractivity contribution in [3.05, 3.63) is 64.6 Å². The van der Waals surface area contributed by atoms with Crippen LogP contribution >= 0.6 is 11.3 Å². The van der Waals surface area contributed by atoms with Gasteiger partial charge in [0, 0.05) is 5.39 Å². The van der Waals surface area contributed by atoms with Gasteiger partial charge in [-0.1, -0.05) is 41.7 Å². The monoisotopic (exact) mass is 380 g/mol. The summed E-state index contributed by atoms with van der Waals surface area (Å²) in [6, 6.07) is 13.7. The number of hydrogen-bond donors (Lipinski definition) is 2. The average molecular weight is 380 g/mol. The molecule has 8 nitrogen and oxygen atoms in total. The maximum atomic E-state index is 12.5. The van der Waals surface area contributed by atoms with Crippen molar-refractivity contribution in [2.24, 2.45) is 0 Å². The fourth-order valence-corrected chi connectivity index (χ4v) is 3.60. The molecule has 0 aliphatic carbocycles. The molecule has 0 bridgehead atoms. The van der Waals surface area contributed by atoms with E-state index in [9.17, 15) is 19.5 Å². The number of anilines is 1. The average Bonchev–Trinajstić information content (AvgIpc) is 3.06. The van der Waals surface area contributed by atoms with Crippen molar-refractivity contribution >= 4 is 49.3 Å². The number of carboxylic acid groups (broad SMARTS) is 1. The van der Waals surface area contributed by atoms with Crippen LogP contribution in [0.2, 0.25) is 0 Å². The molecule has 2 heterocycles. The van der Waals surface area contributed by atoms with Gasteiger partial charge in [0.05, 0.1) is 15.6 Å². The van der Waals surface area contributed by atoms with E-state index in [1.165, 1.54) is 23.5 Å². The maximum absolute atomic E-state index is 12.5. The highest BCUT2D eigenvalue weighted by Crippen LogP contribution is 2.25. The van der Waals surface area contributed by atoms with Gasteiger partial charge in [-0.2, -0.15) is 5.10 Å². The lowest BCUT2D eigenvalue weighted by atomic mass is 10.1. The van der Waals surface area contributed by atoms with E-state index in [2.05, 4.69) is 15.4 Å². The van der Waals surface area contributed by atoms with Crippen LogP contribution in [0.25, 0.3) is 21.0 Å². The second-order valence-electron chi connectivity index (χ2n) is 5.70. The van der Waals surface area contributed by atoms with Crippen molar-refractivity contribution < 1.29 is 14.7 Å². The molecule has 0 radical (unpaired) electrons. The summed E-state index contributed by atoms with van der Waals surface area (Å²) in [7, 11) is 0. The fourth-order valence-electron chi connectivity index (χ4n) is 2.72. The van der Waals surface area contributed by atoms with Crippen molar-refractivity contribution in [3.63, 3.8) is 0 Å². The van der Waals surface area contributed by atoms with Crippen molar-refractivity contribution in [1.82, 2.24) is 14.8 Å². The van der Waals surface area contributed by atoms with E-state index in [-0.39, 0.29) is 16.5 Å². The molecule has 9 heteroatoms. The van der Waals surface area contributed by atoms with Gasteiger partial charge >= 0.3 is 5.97 Å². The van der Waals surface area contributed by atoms with Crippen molar-refractivity contribution in [1.29, 1.82) is 0 Å². The zero-order chi connectivity index (χ0) is 19.0. The van der Waals surface area contributed by atoms with Crippen LogP contribution in [-0.2, 0) is 11.3 Å². The molecule has 2 aromatic carbocycles. The first-order chi connectivity index (χ1) is 13.0. The normalized spacial score (nSPS) is 11.0. The van der Waals surface area contributed by atoms with E-state index in [4.69, 9.17) is 0 Å². The molecule has 0 atom stereocenters. The number of benzene rings is 2. The van der Waals surface area contributed by atoms with E-state index >= 15 is 0 Å². The molecule has 0 saturated heterocycles. The van der Waals surface area contributed by atoms with Crippen LogP contribution in [-0.4, -0.2) is 31.7 Å². The predicted molar refractivity (Wildman–Crippen MR) is 101 cm³/mol. The smallest absolute Gasteiger partial charge is 0.357 e. The molecular formula is C18H12N4O4S. The molecule has 0 fully saturated rings. The van der Waals surface area contributed by atoms with E-state index < -0.39 is 24.0 Å². The highest BCUT2D eigenvalue weighted by Gasteiger charge is 2.17. The Hall–Kier alpha value is -3.59.